The van der Waals surface area contributed by atoms with E-state index in [0.29, 0.717) is 13.0 Å². The number of rotatable bonds is 3. The second-order valence-electron chi connectivity index (χ2n) is 7.25. The molecule has 3 nitrogen and oxygen atoms in total. The zero-order valence-corrected chi connectivity index (χ0v) is 14.2. The van der Waals surface area contributed by atoms with E-state index in [1.807, 2.05) is 0 Å². The van der Waals surface area contributed by atoms with E-state index in [2.05, 4.69) is 44.1 Å². The van der Waals surface area contributed by atoms with Gasteiger partial charge in [-0.15, -0.1) is 11.5 Å². The van der Waals surface area contributed by atoms with E-state index in [1.54, 1.807) is 7.11 Å². The number of aliphatic hydroxyl groups excluding tert-OH is 1. The number of aliphatic hydroxyl groups is 1. The molecule has 1 aliphatic heterocycles. The highest BCUT2D eigenvalue weighted by Crippen LogP contribution is 2.51. The molecule has 1 aliphatic carbocycles. The van der Waals surface area contributed by atoms with Crippen molar-refractivity contribution in [2.45, 2.75) is 57.7 Å². The van der Waals surface area contributed by atoms with Gasteiger partial charge in [0.1, 0.15) is 8.07 Å². The highest BCUT2D eigenvalue weighted by atomic mass is 28.3. The van der Waals surface area contributed by atoms with E-state index in [1.165, 1.54) is 5.57 Å². The zero-order valence-electron chi connectivity index (χ0n) is 13.2. The van der Waals surface area contributed by atoms with Crippen molar-refractivity contribution in [3.63, 3.8) is 0 Å². The van der Waals surface area contributed by atoms with Crippen molar-refractivity contribution in [3.05, 3.63) is 11.6 Å². The van der Waals surface area contributed by atoms with Crippen LogP contribution in [0.5, 0.6) is 0 Å². The molecule has 0 radical (unpaired) electrons. The van der Waals surface area contributed by atoms with Crippen molar-refractivity contribution in [1.82, 2.24) is 0 Å². The third-order valence-electron chi connectivity index (χ3n) is 4.08. The van der Waals surface area contributed by atoms with Crippen LogP contribution in [0.4, 0.5) is 0 Å². The molecule has 1 fully saturated rings. The van der Waals surface area contributed by atoms with Crippen LogP contribution in [0.3, 0.4) is 0 Å². The topological polar surface area (TPSA) is 38.7 Å². The Kier molecular flexibility index (Phi) is 4.19. The monoisotopic (exact) mass is 294 g/mol. The average molecular weight is 294 g/mol. The van der Waals surface area contributed by atoms with Gasteiger partial charge in [0.05, 0.1) is 12.7 Å². The Morgan fingerprint density at radius 3 is 2.80 bits per heavy atom. The van der Waals surface area contributed by atoms with E-state index < -0.39 is 20.0 Å². The first-order valence-corrected chi connectivity index (χ1v) is 10.8. The fourth-order valence-electron chi connectivity index (χ4n) is 3.17. The summed E-state index contributed by atoms with van der Waals surface area (Å²) in [7, 11) is 0.310. The van der Waals surface area contributed by atoms with Crippen molar-refractivity contribution in [1.29, 1.82) is 0 Å². The summed E-state index contributed by atoms with van der Waals surface area (Å²) in [4.78, 5) is 0. The van der Waals surface area contributed by atoms with Crippen LogP contribution >= 0.6 is 0 Å². The Balaban J connectivity index is 2.14. The molecular formula is C16H26O3Si. The van der Waals surface area contributed by atoms with Crippen molar-refractivity contribution in [2.24, 2.45) is 5.41 Å². The Morgan fingerprint density at radius 1 is 1.50 bits per heavy atom. The molecule has 1 heterocycles. The van der Waals surface area contributed by atoms with Gasteiger partial charge in [-0.25, -0.2) is 0 Å². The largest absolute Gasteiger partial charge is 0.391 e. The van der Waals surface area contributed by atoms with Crippen LogP contribution in [0.15, 0.2) is 11.6 Å². The summed E-state index contributed by atoms with van der Waals surface area (Å²) in [5.41, 5.74) is 4.22. The van der Waals surface area contributed by atoms with Crippen LogP contribution in [-0.2, 0) is 9.47 Å². The number of hydrogen-bond donors (Lipinski definition) is 1. The maximum absolute atomic E-state index is 10.6. The highest BCUT2D eigenvalue weighted by Gasteiger charge is 2.54. The maximum atomic E-state index is 10.6. The third kappa shape index (κ3) is 3.17. The number of methoxy groups -OCH3 is 1. The van der Waals surface area contributed by atoms with Gasteiger partial charge in [-0.1, -0.05) is 31.3 Å². The smallest absolute Gasteiger partial charge is 0.172 e. The summed E-state index contributed by atoms with van der Waals surface area (Å²) in [5, 5.41) is 10.6. The van der Waals surface area contributed by atoms with Gasteiger partial charge in [-0.2, -0.15) is 0 Å². The number of fused-ring (bicyclic) bond motifs is 2. The van der Waals surface area contributed by atoms with Crippen LogP contribution in [0.25, 0.3) is 0 Å². The molecule has 0 aromatic heterocycles. The van der Waals surface area contributed by atoms with E-state index >= 15 is 0 Å². The summed E-state index contributed by atoms with van der Waals surface area (Å²) in [6.07, 6.45) is 3.72. The van der Waals surface area contributed by atoms with Gasteiger partial charge >= 0.3 is 0 Å². The molecule has 0 spiro atoms. The lowest BCUT2D eigenvalue weighted by molar-refractivity contribution is -0.191. The standard InChI is InChI=1S/C16H26O3Si/c1-13-9-15(11-16(10-13,18-2)19-12-15)14(17)7-6-8-20(3,4)5/h9,14,17H,7,10-12H2,1-5H3/t14-,15+,16+/m1/s1. The van der Waals surface area contributed by atoms with Crippen LogP contribution in [0, 0.1) is 16.9 Å². The summed E-state index contributed by atoms with van der Waals surface area (Å²) in [6, 6.07) is 0. The normalized spacial score (nSPS) is 34.2. The van der Waals surface area contributed by atoms with Crippen LogP contribution in [-0.4, -0.2) is 38.8 Å². The van der Waals surface area contributed by atoms with Crippen molar-refractivity contribution >= 4 is 8.07 Å². The van der Waals surface area contributed by atoms with Gasteiger partial charge in [0, 0.05) is 31.8 Å². The quantitative estimate of drug-likeness (QED) is 0.494. The fourth-order valence-corrected chi connectivity index (χ4v) is 3.80. The Labute approximate surface area is 123 Å². The maximum Gasteiger partial charge on any atom is 0.172 e. The molecule has 0 aromatic rings. The number of ether oxygens (including phenoxy) is 2. The lowest BCUT2D eigenvalue weighted by Crippen LogP contribution is -2.40. The minimum absolute atomic E-state index is 0.327. The second-order valence-corrected chi connectivity index (χ2v) is 12.0. The zero-order chi connectivity index (χ0) is 15.0. The molecule has 0 saturated carbocycles. The molecule has 0 amide bonds. The van der Waals surface area contributed by atoms with Crippen molar-refractivity contribution in [3.8, 4) is 11.5 Å². The molecule has 2 rings (SSSR count). The molecule has 20 heavy (non-hydrogen) atoms. The predicted octanol–water partition coefficient (Wildman–Crippen LogP) is 2.72. The van der Waals surface area contributed by atoms with Gasteiger partial charge < -0.3 is 14.6 Å². The molecule has 3 atom stereocenters. The first-order chi connectivity index (χ1) is 9.20. The van der Waals surface area contributed by atoms with E-state index in [9.17, 15) is 5.11 Å². The fraction of sp³-hybridized carbons (Fsp3) is 0.750. The minimum atomic E-state index is -1.38. The Morgan fingerprint density at radius 2 is 2.20 bits per heavy atom. The van der Waals surface area contributed by atoms with Gasteiger partial charge in [0.25, 0.3) is 0 Å². The van der Waals surface area contributed by atoms with Crippen LogP contribution in [0.1, 0.15) is 26.2 Å². The lowest BCUT2D eigenvalue weighted by Gasteiger charge is -2.36. The predicted molar refractivity (Wildman–Crippen MR) is 82.9 cm³/mol. The SMILES string of the molecule is CO[C@@]12CC(C)=C[C@@]([C@H](O)CC#C[Si](C)(C)C)(CO1)C2. The average Bonchev–Trinajstić information content (AvgIpc) is 2.62. The molecular weight excluding hydrogens is 268 g/mol. The van der Waals surface area contributed by atoms with Crippen LogP contribution in [0.2, 0.25) is 19.6 Å². The Bertz CT molecular complexity index is 468. The van der Waals surface area contributed by atoms with Crippen molar-refractivity contribution < 1.29 is 14.6 Å². The van der Waals surface area contributed by atoms with Gasteiger partial charge in [0.15, 0.2) is 5.79 Å². The van der Waals surface area contributed by atoms with E-state index in [-0.39, 0.29) is 5.41 Å². The first kappa shape index (κ1) is 15.8. The molecule has 2 aliphatic rings. The Hall–Kier alpha value is -0.603. The highest BCUT2D eigenvalue weighted by molar-refractivity contribution is 6.83. The lowest BCUT2D eigenvalue weighted by atomic mass is 9.72. The van der Waals surface area contributed by atoms with Gasteiger partial charge in [-0.05, 0) is 6.92 Å². The second kappa shape index (κ2) is 5.30. The molecule has 0 aromatic carbocycles. The third-order valence-corrected chi connectivity index (χ3v) is 5.01. The molecule has 0 unspecified atom stereocenters. The number of hydrogen-bond acceptors (Lipinski definition) is 3. The van der Waals surface area contributed by atoms with E-state index in [0.717, 1.165) is 12.8 Å². The van der Waals surface area contributed by atoms with Crippen molar-refractivity contribution in [2.75, 3.05) is 13.7 Å². The summed E-state index contributed by atoms with van der Waals surface area (Å²) >= 11 is 0. The molecule has 1 N–H and O–H groups in total. The van der Waals surface area contributed by atoms with Gasteiger partial charge in [-0.3, -0.25) is 0 Å². The molecule has 112 valence electrons. The summed E-state index contributed by atoms with van der Waals surface area (Å²) in [5.74, 6) is 2.65. The van der Waals surface area contributed by atoms with Gasteiger partial charge in [0.2, 0.25) is 0 Å². The summed E-state index contributed by atoms with van der Waals surface area (Å²) < 4.78 is 11.5. The summed E-state index contributed by atoms with van der Waals surface area (Å²) in [6.45, 7) is 9.24. The molecule has 1 saturated heterocycles. The first-order valence-electron chi connectivity index (χ1n) is 7.26. The minimum Gasteiger partial charge on any atom is -0.391 e. The molecule has 2 bridgehead atoms. The molecule has 4 heteroatoms. The van der Waals surface area contributed by atoms with E-state index in [4.69, 9.17) is 9.47 Å². The van der Waals surface area contributed by atoms with Crippen LogP contribution < -0.4 is 0 Å².